The molecule has 6 heteroatoms. The summed E-state index contributed by atoms with van der Waals surface area (Å²) in [4.78, 5) is 7.16. The quantitative estimate of drug-likeness (QED) is 0.933. The molecule has 0 spiro atoms. The first-order chi connectivity index (χ1) is 11.3. The monoisotopic (exact) mass is 332 g/mol. The summed E-state index contributed by atoms with van der Waals surface area (Å²) in [6.07, 6.45) is 2.29. The number of aliphatic hydroxyl groups excluding tert-OH is 1. The first-order valence-electron chi connectivity index (χ1n) is 7.99. The molecular weight excluding hydrogens is 312 g/mol. The Morgan fingerprint density at radius 1 is 1.30 bits per heavy atom. The van der Waals surface area contributed by atoms with E-state index < -0.39 is 0 Å². The fourth-order valence-electron chi connectivity index (χ4n) is 3.21. The molecule has 1 aromatic heterocycles. The fourth-order valence-corrected chi connectivity index (χ4v) is 4.02. The second-order valence-corrected chi connectivity index (χ2v) is 7.00. The zero-order valence-electron chi connectivity index (χ0n) is 12.9. The van der Waals surface area contributed by atoms with Gasteiger partial charge in [-0.1, -0.05) is 0 Å². The van der Waals surface area contributed by atoms with Crippen LogP contribution in [0.4, 0.5) is 0 Å². The molecule has 2 aromatic rings. The smallest absolute Gasteiger partial charge is 0.231 e. The molecule has 1 aromatic carbocycles. The van der Waals surface area contributed by atoms with Crippen LogP contribution in [0.3, 0.4) is 0 Å². The van der Waals surface area contributed by atoms with Crippen molar-refractivity contribution in [2.75, 3.05) is 26.5 Å². The Morgan fingerprint density at radius 3 is 3.13 bits per heavy atom. The molecule has 1 unspecified atom stereocenters. The Balaban J connectivity index is 1.46. The maximum Gasteiger partial charge on any atom is 0.231 e. The van der Waals surface area contributed by atoms with E-state index in [1.54, 1.807) is 11.3 Å². The van der Waals surface area contributed by atoms with Crippen molar-refractivity contribution in [3.05, 3.63) is 29.3 Å². The highest BCUT2D eigenvalue weighted by molar-refractivity contribution is 7.13. The predicted molar refractivity (Wildman–Crippen MR) is 88.8 cm³/mol. The lowest BCUT2D eigenvalue weighted by Crippen LogP contribution is -2.36. The molecule has 0 amide bonds. The number of fused-ring (bicyclic) bond motifs is 1. The summed E-state index contributed by atoms with van der Waals surface area (Å²) in [6, 6.07) is 5.96. The normalized spacial score (nSPS) is 20.8. The van der Waals surface area contributed by atoms with Crippen LogP contribution in [-0.4, -0.2) is 41.5 Å². The molecule has 0 radical (unpaired) electrons. The molecule has 0 saturated carbocycles. The van der Waals surface area contributed by atoms with E-state index in [0.29, 0.717) is 12.7 Å². The van der Waals surface area contributed by atoms with E-state index in [1.165, 1.54) is 0 Å². The number of hydrogen-bond donors (Lipinski definition) is 1. The van der Waals surface area contributed by atoms with Gasteiger partial charge >= 0.3 is 0 Å². The number of hydrogen-bond acceptors (Lipinski definition) is 6. The summed E-state index contributed by atoms with van der Waals surface area (Å²) >= 11 is 1.66. The SMILES string of the molecule is OCC1CCCN(Cc2csc(-c3ccc4c(c3)OCO4)n2)C1. The lowest BCUT2D eigenvalue weighted by Gasteiger charge is -2.31. The summed E-state index contributed by atoms with van der Waals surface area (Å²) in [5.74, 6) is 2.01. The first kappa shape index (κ1) is 14.9. The summed E-state index contributed by atoms with van der Waals surface area (Å²) in [6.45, 7) is 3.50. The molecule has 3 heterocycles. The number of ether oxygens (including phenoxy) is 2. The number of aliphatic hydroxyl groups is 1. The molecule has 1 atom stereocenters. The van der Waals surface area contributed by atoms with Gasteiger partial charge in [0.05, 0.1) is 5.69 Å². The average molecular weight is 332 g/mol. The molecule has 2 aliphatic heterocycles. The van der Waals surface area contributed by atoms with Gasteiger partial charge in [-0.3, -0.25) is 4.90 Å². The van der Waals surface area contributed by atoms with E-state index in [1.807, 2.05) is 18.2 Å². The molecule has 5 nitrogen and oxygen atoms in total. The van der Waals surface area contributed by atoms with Crippen LogP contribution in [0.15, 0.2) is 23.6 Å². The highest BCUT2D eigenvalue weighted by Gasteiger charge is 2.20. The van der Waals surface area contributed by atoms with E-state index in [-0.39, 0.29) is 6.61 Å². The number of nitrogens with zero attached hydrogens (tertiary/aromatic N) is 2. The molecule has 4 rings (SSSR count). The van der Waals surface area contributed by atoms with Crippen molar-refractivity contribution < 1.29 is 14.6 Å². The largest absolute Gasteiger partial charge is 0.454 e. The van der Waals surface area contributed by atoms with Gasteiger partial charge in [-0.2, -0.15) is 0 Å². The van der Waals surface area contributed by atoms with Crippen molar-refractivity contribution in [1.82, 2.24) is 9.88 Å². The highest BCUT2D eigenvalue weighted by Crippen LogP contribution is 2.36. The highest BCUT2D eigenvalue weighted by atomic mass is 32.1. The predicted octanol–water partition coefficient (Wildman–Crippen LogP) is 2.74. The third kappa shape index (κ3) is 3.20. The minimum absolute atomic E-state index is 0.288. The topological polar surface area (TPSA) is 54.8 Å². The summed E-state index contributed by atoms with van der Waals surface area (Å²) < 4.78 is 10.8. The number of benzene rings is 1. The maximum atomic E-state index is 9.34. The second kappa shape index (κ2) is 6.47. The van der Waals surface area contributed by atoms with Gasteiger partial charge in [0.25, 0.3) is 0 Å². The number of aromatic nitrogens is 1. The molecule has 0 aliphatic carbocycles. The molecule has 122 valence electrons. The van der Waals surface area contributed by atoms with Crippen molar-refractivity contribution in [3.8, 4) is 22.1 Å². The van der Waals surface area contributed by atoms with Crippen LogP contribution in [0.2, 0.25) is 0 Å². The van der Waals surface area contributed by atoms with E-state index >= 15 is 0 Å². The number of likely N-dealkylation sites (tertiary alicyclic amines) is 1. The molecule has 23 heavy (non-hydrogen) atoms. The Kier molecular flexibility index (Phi) is 4.20. The van der Waals surface area contributed by atoms with Gasteiger partial charge in [0, 0.05) is 30.6 Å². The molecule has 1 N–H and O–H groups in total. The van der Waals surface area contributed by atoms with E-state index in [2.05, 4.69) is 10.3 Å². The lowest BCUT2D eigenvalue weighted by molar-refractivity contribution is 0.115. The average Bonchev–Trinajstić information content (AvgIpc) is 3.23. The van der Waals surface area contributed by atoms with Crippen molar-refractivity contribution in [2.45, 2.75) is 19.4 Å². The van der Waals surface area contributed by atoms with Gasteiger partial charge in [-0.25, -0.2) is 4.98 Å². The van der Waals surface area contributed by atoms with Crippen LogP contribution in [-0.2, 0) is 6.54 Å². The molecule has 1 fully saturated rings. The minimum Gasteiger partial charge on any atom is -0.454 e. The summed E-state index contributed by atoms with van der Waals surface area (Å²) in [5.41, 5.74) is 2.17. The van der Waals surface area contributed by atoms with Crippen LogP contribution < -0.4 is 9.47 Å². The van der Waals surface area contributed by atoms with Crippen molar-refractivity contribution in [2.24, 2.45) is 5.92 Å². The second-order valence-electron chi connectivity index (χ2n) is 6.14. The zero-order chi connectivity index (χ0) is 15.6. The van der Waals surface area contributed by atoms with Crippen LogP contribution in [0.5, 0.6) is 11.5 Å². The number of thiazole rings is 1. The van der Waals surface area contributed by atoms with Gasteiger partial charge < -0.3 is 14.6 Å². The van der Waals surface area contributed by atoms with Gasteiger partial charge in [-0.15, -0.1) is 11.3 Å². The van der Waals surface area contributed by atoms with E-state index in [0.717, 1.165) is 60.2 Å². The third-order valence-electron chi connectivity index (χ3n) is 4.42. The Hall–Kier alpha value is -1.63. The molecule has 0 bridgehead atoms. The number of rotatable bonds is 4. The molecule has 2 aliphatic rings. The maximum absolute atomic E-state index is 9.34. The first-order valence-corrected chi connectivity index (χ1v) is 8.87. The van der Waals surface area contributed by atoms with Crippen molar-refractivity contribution in [1.29, 1.82) is 0 Å². The fraction of sp³-hybridized carbons (Fsp3) is 0.471. The standard InChI is InChI=1S/C17H20N2O3S/c20-9-12-2-1-5-19(7-12)8-14-10-23-17(18-14)13-3-4-15-16(6-13)22-11-21-15/h3-4,6,10,12,20H,1-2,5,7-9,11H2. The van der Waals surface area contributed by atoms with Crippen LogP contribution in [0.25, 0.3) is 10.6 Å². The van der Waals surface area contributed by atoms with Gasteiger partial charge in [0.2, 0.25) is 6.79 Å². The van der Waals surface area contributed by atoms with E-state index in [4.69, 9.17) is 14.5 Å². The lowest BCUT2D eigenvalue weighted by atomic mass is 9.99. The van der Waals surface area contributed by atoms with Gasteiger partial charge in [-0.05, 0) is 43.5 Å². The molecular formula is C17H20N2O3S. The van der Waals surface area contributed by atoms with Gasteiger partial charge in [0.15, 0.2) is 11.5 Å². The summed E-state index contributed by atoms with van der Waals surface area (Å²) in [7, 11) is 0. The zero-order valence-corrected chi connectivity index (χ0v) is 13.7. The van der Waals surface area contributed by atoms with Gasteiger partial charge in [0.1, 0.15) is 5.01 Å². The van der Waals surface area contributed by atoms with Crippen molar-refractivity contribution >= 4 is 11.3 Å². The minimum atomic E-state index is 0.288. The Labute approximate surface area is 139 Å². The third-order valence-corrected chi connectivity index (χ3v) is 5.36. The van der Waals surface area contributed by atoms with Crippen molar-refractivity contribution in [3.63, 3.8) is 0 Å². The molecule has 1 saturated heterocycles. The van der Waals surface area contributed by atoms with E-state index in [9.17, 15) is 5.11 Å². The van der Waals surface area contributed by atoms with Crippen LogP contribution in [0, 0.1) is 5.92 Å². The Morgan fingerprint density at radius 2 is 2.22 bits per heavy atom. The van der Waals surface area contributed by atoms with Crippen LogP contribution >= 0.6 is 11.3 Å². The number of piperidine rings is 1. The van der Waals surface area contributed by atoms with Crippen LogP contribution in [0.1, 0.15) is 18.5 Å². The summed E-state index contributed by atoms with van der Waals surface area (Å²) in [5, 5.41) is 12.5. The Bertz CT molecular complexity index is 688.